The van der Waals surface area contributed by atoms with E-state index in [-0.39, 0.29) is 24.8 Å². The maximum Gasteiger partial charge on any atom is 0.317 e. The van der Waals surface area contributed by atoms with Gasteiger partial charge in [0, 0.05) is 32.3 Å². The summed E-state index contributed by atoms with van der Waals surface area (Å²) < 4.78 is 0. The summed E-state index contributed by atoms with van der Waals surface area (Å²) in [7, 11) is 1.56. The van der Waals surface area contributed by atoms with Crippen molar-refractivity contribution in [1.29, 1.82) is 0 Å². The lowest BCUT2D eigenvalue weighted by Crippen LogP contribution is -2.40. The van der Waals surface area contributed by atoms with Crippen molar-refractivity contribution in [3.8, 4) is 0 Å². The van der Waals surface area contributed by atoms with Crippen LogP contribution in [0.1, 0.15) is 12.5 Å². The Balaban J connectivity index is 2.54. The maximum absolute atomic E-state index is 11.6. The van der Waals surface area contributed by atoms with Gasteiger partial charge in [-0.15, -0.1) is 0 Å². The molecule has 0 saturated heterocycles. The van der Waals surface area contributed by atoms with E-state index in [4.69, 9.17) is 5.11 Å². The molecule has 0 aliphatic heterocycles. The van der Waals surface area contributed by atoms with Gasteiger partial charge < -0.3 is 15.3 Å². The highest BCUT2D eigenvalue weighted by Crippen LogP contribution is 2.12. The van der Waals surface area contributed by atoms with Crippen LogP contribution in [0.5, 0.6) is 0 Å². The lowest BCUT2D eigenvalue weighted by Gasteiger charge is -2.19. The first kappa shape index (κ1) is 14.9. The molecule has 1 unspecified atom stereocenters. The van der Waals surface area contributed by atoms with E-state index in [1.165, 1.54) is 17.0 Å². The third-order valence-electron chi connectivity index (χ3n) is 2.45. The summed E-state index contributed by atoms with van der Waals surface area (Å²) in [5.41, 5.74) is 0.636. The second-order valence-electron chi connectivity index (χ2n) is 4.32. The number of carbonyl (C=O) groups is 1. The second kappa shape index (κ2) is 6.69. The van der Waals surface area contributed by atoms with Gasteiger partial charge in [0.25, 0.3) is 5.69 Å². The highest BCUT2D eigenvalue weighted by Gasteiger charge is 2.11. The van der Waals surface area contributed by atoms with E-state index in [1.54, 1.807) is 26.1 Å². The first-order valence-electron chi connectivity index (χ1n) is 5.80. The Bertz CT molecular complexity index is 462. The number of hydrogen-bond acceptors (Lipinski definition) is 4. The number of hydrogen-bond donors (Lipinski definition) is 2. The molecule has 1 rings (SSSR count). The van der Waals surface area contributed by atoms with Gasteiger partial charge in [0.2, 0.25) is 0 Å². The minimum Gasteiger partial charge on any atom is -0.392 e. The topological polar surface area (TPSA) is 95.7 Å². The van der Waals surface area contributed by atoms with Gasteiger partial charge in [0.15, 0.2) is 0 Å². The summed E-state index contributed by atoms with van der Waals surface area (Å²) >= 11 is 0. The van der Waals surface area contributed by atoms with E-state index in [2.05, 4.69) is 5.32 Å². The fourth-order valence-electron chi connectivity index (χ4n) is 1.57. The minimum atomic E-state index is -0.603. The Hall–Kier alpha value is -2.15. The van der Waals surface area contributed by atoms with Crippen molar-refractivity contribution in [2.24, 2.45) is 0 Å². The zero-order valence-corrected chi connectivity index (χ0v) is 10.9. The van der Waals surface area contributed by atoms with E-state index in [1.807, 2.05) is 0 Å². The Morgan fingerprint density at radius 1 is 1.58 bits per heavy atom. The third kappa shape index (κ3) is 4.92. The average molecular weight is 267 g/mol. The first-order valence-corrected chi connectivity index (χ1v) is 5.80. The van der Waals surface area contributed by atoms with Crippen LogP contribution in [0.4, 0.5) is 10.5 Å². The fraction of sp³-hybridized carbons (Fsp3) is 0.417. The Morgan fingerprint density at radius 3 is 2.84 bits per heavy atom. The largest absolute Gasteiger partial charge is 0.392 e. The number of non-ortho nitro benzene ring substituents is 1. The highest BCUT2D eigenvalue weighted by molar-refractivity contribution is 5.73. The lowest BCUT2D eigenvalue weighted by molar-refractivity contribution is -0.384. The molecule has 0 radical (unpaired) electrons. The van der Waals surface area contributed by atoms with Crippen molar-refractivity contribution < 1.29 is 14.8 Å². The van der Waals surface area contributed by atoms with Crippen LogP contribution in [0.3, 0.4) is 0 Å². The normalized spacial score (nSPS) is 11.7. The molecule has 1 atom stereocenters. The monoisotopic (exact) mass is 267 g/mol. The predicted molar refractivity (Wildman–Crippen MR) is 69.6 cm³/mol. The summed E-state index contributed by atoms with van der Waals surface area (Å²) in [6.07, 6.45) is -0.603. The Morgan fingerprint density at radius 2 is 2.26 bits per heavy atom. The van der Waals surface area contributed by atoms with Gasteiger partial charge in [0.05, 0.1) is 11.0 Å². The van der Waals surface area contributed by atoms with Crippen LogP contribution in [0.15, 0.2) is 24.3 Å². The van der Waals surface area contributed by atoms with Crippen LogP contribution < -0.4 is 5.32 Å². The van der Waals surface area contributed by atoms with Crippen LogP contribution in [0, 0.1) is 10.1 Å². The molecule has 1 aromatic carbocycles. The number of nitro benzene ring substituents is 1. The smallest absolute Gasteiger partial charge is 0.317 e. The number of aliphatic hydroxyl groups excluding tert-OH is 1. The van der Waals surface area contributed by atoms with E-state index >= 15 is 0 Å². The van der Waals surface area contributed by atoms with Crippen molar-refractivity contribution in [1.82, 2.24) is 10.2 Å². The molecule has 2 amide bonds. The van der Waals surface area contributed by atoms with Gasteiger partial charge in [0.1, 0.15) is 0 Å². The third-order valence-corrected chi connectivity index (χ3v) is 2.45. The van der Waals surface area contributed by atoms with E-state index in [0.29, 0.717) is 5.56 Å². The SMILES string of the molecule is CC(O)CN(C)C(=O)NCc1cccc([N+](=O)[O-])c1. The molecule has 0 spiro atoms. The van der Waals surface area contributed by atoms with Crippen molar-refractivity contribution in [3.63, 3.8) is 0 Å². The summed E-state index contributed by atoms with van der Waals surface area (Å²) in [5, 5.41) is 22.4. The zero-order chi connectivity index (χ0) is 14.4. The quantitative estimate of drug-likeness (QED) is 0.617. The van der Waals surface area contributed by atoms with Gasteiger partial charge >= 0.3 is 6.03 Å². The molecule has 0 aliphatic carbocycles. The molecule has 2 N–H and O–H groups in total. The molecule has 0 heterocycles. The molecule has 0 saturated carbocycles. The molecule has 1 aromatic rings. The molecule has 0 fully saturated rings. The van der Waals surface area contributed by atoms with Crippen molar-refractivity contribution in [2.45, 2.75) is 19.6 Å². The summed E-state index contributed by atoms with van der Waals surface area (Å²) in [6.45, 7) is 2.01. The van der Waals surface area contributed by atoms with Crippen LogP contribution in [-0.4, -0.2) is 40.7 Å². The van der Waals surface area contributed by atoms with Crippen LogP contribution in [0.2, 0.25) is 0 Å². The number of benzene rings is 1. The summed E-state index contributed by atoms with van der Waals surface area (Å²) in [6, 6.07) is 5.73. The molecule has 7 heteroatoms. The number of rotatable bonds is 5. The van der Waals surface area contributed by atoms with Crippen LogP contribution in [0.25, 0.3) is 0 Å². The average Bonchev–Trinajstić information content (AvgIpc) is 2.35. The molecule has 104 valence electrons. The number of nitrogens with zero attached hydrogens (tertiary/aromatic N) is 2. The predicted octanol–water partition coefficient (Wildman–Crippen LogP) is 1.12. The first-order chi connectivity index (χ1) is 8.90. The standard InChI is InChI=1S/C12H17N3O4/c1-9(16)8-14(2)12(17)13-7-10-4-3-5-11(6-10)15(18)19/h3-6,9,16H,7-8H2,1-2H3,(H,13,17). The fourth-order valence-corrected chi connectivity index (χ4v) is 1.57. The number of nitro groups is 1. The Kier molecular flexibility index (Phi) is 5.25. The molecular weight excluding hydrogens is 250 g/mol. The van der Waals surface area contributed by atoms with Crippen LogP contribution in [-0.2, 0) is 6.54 Å². The molecule has 7 nitrogen and oxygen atoms in total. The number of carbonyl (C=O) groups excluding carboxylic acids is 1. The number of aliphatic hydroxyl groups is 1. The number of likely N-dealkylation sites (N-methyl/N-ethyl adjacent to an activating group) is 1. The maximum atomic E-state index is 11.6. The van der Waals surface area contributed by atoms with Gasteiger partial charge in [-0.1, -0.05) is 12.1 Å². The van der Waals surface area contributed by atoms with Crippen molar-refractivity contribution in [2.75, 3.05) is 13.6 Å². The van der Waals surface area contributed by atoms with Gasteiger partial charge in [-0.2, -0.15) is 0 Å². The van der Waals surface area contributed by atoms with Crippen LogP contribution >= 0.6 is 0 Å². The van der Waals surface area contributed by atoms with Gasteiger partial charge in [-0.25, -0.2) is 4.79 Å². The summed E-state index contributed by atoms with van der Waals surface area (Å²) in [4.78, 5) is 23.1. The minimum absolute atomic E-state index is 0.0101. The van der Waals surface area contributed by atoms with Gasteiger partial charge in [-0.3, -0.25) is 10.1 Å². The number of amides is 2. The lowest BCUT2D eigenvalue weighted by atomic mass is 10.2. The van der Waals surface area contributed by atoms with Crippen molar-refractivity contribution in [3.05, 3.63) is 39.9 Å². The van der Waals surface area contributed by atoms with E-state index in [9.17, 15) is 14.9 Å². The molecule has 0 aromatic heterocycles. The molecule has 0 aliphatic rings. The summed E-state index contributed by atoms with van der Waals surface area (Å²) in [5.74, 6) is 0. The number of nitrogens with one attached hydrogen (secondary N) is 1. The number of urea groups is 1. The highest BCUT2D eigenvalue weighted by atomic mass is 16.6. The molecule has 19 heavy (non-hydrogen) atoms. The Labute approximate surface area is 111 Å². The second-order valence-corrected chi connectivity index (χ2v) is 4.32. The molecular formula is C12H17N3O4. The van der Waals surface area contributed by atoms with E-state index in [0.717, 1.165) is 0 Å². The van der Waals surface area contributed by atoms with Crippen molar-refractivity contribution >= 4 is 11.7 Å². The van der Waals surface area contributed by atoms with E-state index < -0.39 is 11.0 Å². The van der Waals surface area contributed by atoms with Gasteiger partial charge in [-0.05, 0) is 12.5 Å². The molecule has 0 bridgehead atoms. The zero-order valence-electron chi connectivity index (χ0n) is 10.9.